The van der Waals surface area contributed by atoms with E-state index >= 15 is 0 Å². The number of ether oxygens (including phenoxy) is 1. The smallest absolute Gasteiger partial charge is 0.352 e. The van der Waals surface area contributed by atoms with E-state index in [1.54, 1.807) is 41.3 Å². The minimum atomic E-state index is -0.588. The highest BCUT2D eigenvalue weighted by molar-refractivity contribution is 7.92. The summed E-state index contributed by atoms with van der Waals surface area (Å²) in [5.74, 6) is 0.324. The summed E-state index contributed by atoms with van der Waals surface area (Å²) in [6, 6.07) is 9.33. The Hall–Kier alpha value is -3.15. The Bertz CT molecular complexity index is 1470. The van der Waals surface area contributed by atoms with Gasteiger partial charge in [0, 0.05) is 34.2 Å². The summed E-state index contributed by atoms with van der Waals surface area (Å²) in [5.41, 5.74) is 2.05. The topological polar surface area (TPSA) is 108 Å². The first-order valence-electron chi connectivity index (χ1n) is 12.6. The van der Waals surface area contributed by atoms with E-state index in [4.69, 9.17) is 24.1 Å². The molecule has 0 amide bonds. The van der Waals surface area contributed by atoms with Gasteiger partial charge in [-0.25, -0.2) is 14.9 Å². The largest absolute Gasteiger partial charge is 0.497 e. The van der Waals surface area contributed by atoms with Crippen LogP contribution in [0.25, 0.3) is 23.1 Å². The first kappa shape index (κ1) is 27.9. The van der Waals surface area contributed by atoms with E-state index in [1.807, 2.05) is 0 Å². The number of aromatic nitrogens is 4. The van der Waals surface area contributed by atoms with Crippen LogP contribution in [-0.2, 0) is 9.60 Å². The summed E-state index contributed by atoms with van der Waals surface area (Å²) < 4.78 is 11.9. The molecule has 0 unspecified atom stereocenters. The molecule has 9 nitrogen and oxygen atoms in total. The molecule has 4 rings (SSSR count). The van der Waals surface area contributed by atoms with Crippen LogP contribution in [0, 0.1) is 0 Å². The van der Waals surface area contributed by atoms with Crippen molar-refractivity contribution in [2.45, 2.75) is 52.9 Å². The molecule has 0 atom stereocenters. The Morgan fingerprint density at radius 3 is 2.66 bits per heavy atom. The van der Waals surface area contributed by atoms with Gasteiger partial charge in [-0.05, 0) is 49.8 Å². The normalized spacial score (nSPS) is 12.3. The predicted octanol–water partition coefficient (Wildman–Crippen LogP) is 5.01. The Balaban J connectivity index is 1.85. The van der Waals surface area contributed by atoms with Crippen LogP contribution in [0.15, 0.2) is 30.3 Å². The second-order valence-electron chi connectivity index (χ2n) is 9.89. The van der Waals surface area contributed by atoms with Crippen LogP contribution in [0.2, 0.25) is 0 Å². The Morgan fingerprint density at radius 2 is 2.00 bits per heavy atom. The summed E-state index contributed by atoms with van der Waals surface area (Å²) in [7, 11) is 1.56. The van der Waals surface area contributed by atoms with Gasteiger partial charge in [-0.3, -0.25) is 0 Å². The standard InChI is InChI=1S/C27H34N6O3S2/c1-7-9-14-32(8-2)22-13-11-18(37-22)16-21-23(27(3,4)5)30-33-25(21)29-24(31-33)20-15-17(35-6)10-12-19(20)26(34)36-38-28/h10-13,15-16H,7-9,14,28H2,1-6H3/b21-16-. The van der Waals surface area contributed by atoms with Gasteiger partial charge in [-0.15, -0.1) is 21.1 Å². The SMILES string of the molecule is CCCCN(CC)c1ccc(/C=c2/c(C(C)(C)C)nn3nc(-c4cc(OC)ccc4C(=O)OSN)nc23)s1. The predicted molar refractivity (Wildman–Crippen MR) is 155 cm³/mol. The first-order chi connectivity index (χ1) is 18.2. The highest BCUT2D eigenvalue weighted by Gasteiger charge is 2.25. The molecule has 0 aliphatic rings. The number of fused-ring (bicyclic) bond motifs is 1. The second kappa shape index (κ2) is 11.7. The van der Waals surface area contributed by atoms with Crippen molar-refractivity contribution in [1.82, 2.24) is 19.8 Å². The molecule has 38 heavy (non-hydrogen) atoms. The summed E-state index contributed by atoms with van der Waals surface area (Å²) in [6.07, 6.45) is 4.47. The summed E-state index contributed by atoms with van der Waals surface area (Å²) in [5, 5.41) is 17.0. The van der Waals surface area contributed by atoms with Crippen molar-refractivity contribution in [2.75, 3.05) is 25.1 Å². The molecule has 0 bridgehead atoms. The minimum Gasteiger partial charge on any atom is -0.497 e. The number of unbranched alkanes of at least 4 members (excludes halogenated alkanes) is 1. The van der Waals surface area contributed by atoms with Crippen LogP contribution in [0.1, 0.15) is 68.4 Å². The van der Waals surface area contributed by atoms with Gasteiger partial charge in [0.05, 0.1) is 23.4 Å². The molecule has 0 aliphatic carbocycles. The molecule has 0 radical (unpaired) electrons. The molecule has 0 spiro atoms. The molecule has 202 valence electrons. The van der Waals surface area contributed by atoms with Crippen molar-refractivity contribution in [3.05, 3.63) is 51.7 Å². The zero-order valence-electron chi connectivity index (χ0n) is 22.6. The fourth-order valence-corrected chi connectivity index (χ4v) is 5.42. The molecular weight excluding hydrogens is 520 g/mol. The maximum atomic E-state index is 12.6. The third-order valence-corrected chi connectivity index (χ3v) is 7.52. The van der Waals surface area contributed by atoms with Gasteiger partial charge < -0.3 is 13.8 Å². The number of carbonyl (C=O) groups is 1. The van der Waals surface area contributed by atoms with Gasteiger partial charge in [0.1, 0.15) is 18.0 Å². The molecular formula is C27H34N6O3S2. The van der Waals surface area contributed by atoms with Gasteiger partial charge in [-0.1, -0.05) is 34.1 Å². The van der Waals surface area contributed by atoms with Gasteiger partial charge >= 0.3 is 5.97 Å². The molecule has 2 N–H and O–H groups in total. The Morgan fingerprint density at radius 1 is 1.21 bits per heavy atom. The van der Waals surface area contributed by atoms with Gasteiger partial charge in [0.15, 0.2) is 11.5 Å². The van der Waals surface area contributed by atoms with E-state index in [0.29, 0.717) is 35.0 Å². The zero-order chi connectivity index (χ0) is 27.4. The number of rotatable bonds is 10. The average Bonchev–Trinajstić information content (AvgIpc) is 3.60. The van der Waals surface area contributed by atoms with Crippen molar-refractivity contribution in [3.8, 4) is 17.1 Å². The fraction of sp³-hybridized carbons (Fsp3) is 0.407. The molecule has 1 aromatic carbocycles. The van der Waals surface area contributed by atoms with E-state index < -0.39 is 5.97 Å². The monoisotopic (exact) mass is 554 g/mol. The molecule has 11 heteroatoms. The molecule has 3 heterocycles. The minimum absolute atomic E-state index is 0.228. The van der Waals surface area contributed by atoms with Crippen molar-refractivity contribution in [2.24, 2.45) is 5.14 Å². The maximum absolute atomic E-state index is 12.6. The van der Waals surface area contributed by atoms with Gasteiger partial charge in [0.2, 0.25) is 0 Å². The van der Waals surface area contributed by atoms with E-state index in [1.165, 1.54) is 17.8 Å². The lowest BCUT2D eigenvalue weighted by Gasteiger charge is -2.20. The summed E-state index contributed by atoms with van der Waals surface area (Å²) >= 11 is 2.25. The van der Waals surface area contributed by atoms with E-state index in [2.05, 4.69) is 62.8 Å². The van der Waals surface area contributed by atoms with Crippen LogP contribution in [0.4, 0.5) is 5.00 Å². The first-order valence-corrected chi connectivity index (χ1v) is 14.2. The maximum Gasteiger partial charge on any atom is 0.352 e. The third kappa shape index (κ3) is 5.79. The lowest BCUT2D eigenvalue weighted by molar-refractivity contribution is 0.0769. The van der Waals surface area contributed by atoms with Gasteiger partial charge in [0.25, 0.3) is 0 Å². The van der Waals surface area contributed by atoms with Crippen LogP contribution in [-0.4, -0.2) is 46.0 Å². The third-order valence-electron chi connectivity index (χ3n) is 6.18. The molecule has 4 aromatic rings. The molecule has 0 saturated heterocycles. The van der Waals surface area contributed by atoms with Crippen molar-refractivity contribution in [1.29, 1.82) is 0 Å². The van der Waals surface area contributed by atoms with Crippen LogP contribution in [0.5, 0.6) is 5.75 Å². The number of hydrogen-bond donors (Lipinski definition) is 1. The summed E-state index contributed by atoms with van der Waals surface area (Å²) in [4.78, 5) is 21.0. The lowest BCUT2D eigenvalue weighted by atomic mass is 9.91. The molecule has 0 fully saturated rings. The van der Waals surface area contributed by atoms with Crippen molar-refractivity contribution < 1.29 is 13.7 Å². The van der Waals surface area contributed by atoms with Crippen molar-refractivity contribution >= 4 is 46.3 Å². The van der Waals surface area contributed by atoms with E-state index in [9.17, 15) is 4.79 Å². The number of carbonyl (C=O) groups excluding carboxylic acids is 1. The van der Waals surface area contributed by atoms with Crippen LogP contribution >= 0.6 is 23.6 Å². The Labute approximate surface area is 231 Å². The number of anilines is 1. The number of benzene rings is 1. The quantitative estimate of drug-likeness (QED) is 0.214. The average molecular weight is 555 g/mol. The van der Waals surface area contributed by atoms with E-state index in [-0.39, 0.29) is 11.0 Å². The highest BCUT2D eigenvalue weighted by Crippen LogP contribution is 2.29. The zero-order valence-corrected chi connectivity index (χ0v) is 24.3. The lowest BCUT2D eigenvalue weighted by Crippen LogP contribution is -2.22. The van der Waals surface area contributed by atoms with Crippen LogP contribution < -0.4 is 20.0 Å². The summed E-state index contributed by atoms with van der Waals surface area (Å²) in [6.45, 7) is 12.8. The molecule has 3 aromatic heterocycles. The second-order valence-corrected chi connectivity index (χ2v) is 11.3. The van der Waals surface area contributed by atoms with Crippen LogP contribution in [0.3, 0.4) is 0 Å². The van der Waals surface area contributed by atoms with Crippen molar-refractivity contribution in [3.63, 3.8) is 0 Å². The number of hydrogen-bond acceptors (Lipinski definition) is 10. The number of thiophene rings is 1. The van der Waals surface area contributed by atoms with Gasteiger partial charge in [-0.2, -0.15) is 5.10 Å². The highest BCUT2D eigenvalue weighted by atomic mass is 32.2. The molecule has 0 saturated carbocycles. The van der Waals surface area contributed by atoms with E-state index in [0.717, 1.165) is 28.9 Å². The number of methoxy groups -OCH3 is 1. The number of nitrogens with zero attached hydrogens (tertiary/aromatic N) is 5. The number of nitrogens with two attached hydrogens (primary N) is 1. The Kier molecular flexibility index (Phi) is 8.59. The fourth-order valence-electron chi connectivity index (χ4n) is 4.20. The molecule has 0 aliphatic heterocycles.